The van der Waals surface area contributed by atoms with Gasteiger partial charge < -0.3 is 14.9 Å². The first-order valence-electron chi connectivity index (χ1n) is 5.50. The Labute approximate surface area is 97.0 Å². The molecule has 0 aromatic carbocycles. The first kappa shape index (κ1) is 15.3. The quantitative estimate of drug-likeness (QED) is 0.632. The van der Waals surface area contributed by atoms with Gasteiger partial charge in [-0.3, -0.25) is 9.69 Å². The molecule has 0 aliphatic carbocycles. The van der Waals surface area contributed by atoms with Crippen LogP contribution in [0.4, 0.5) is 0 Å². The predicted molar refractivity (Wildman–Crippen MR) is 61.1 cm³/mol. The summed E-state index contributed by atoms with van der Waals surface area (Å²) in [6.07, 6.45) is 0. The van der Waals surface area contributed by atoms with Gasteiger partial charge in [-0.1, -0.05) is 0 Å². The summed E-state index contributed by atoms with van der Waals surface area (Å²) in [6.45, 7) is 7.72. The summed E-state index contributed by atoms with van der Waals surface area (Å²) in [5.74, 6) is -0.339. The summed E-state index contributed by atoms with van der Waals surface area (Å²) < 4.78 is 5.23. The summed E-state index contributed by atoms with van der Waals surface area (Å²) in [5.41, 5.74) is -0.518. The Morgan fingerprint density at radius 1 is 1.25 bits per heavy atom. The Morgan fingerprint density at radius 3 is 2.00 bits per heavy atom. The number of ether oxygens (including phenoxy) is 1. The molecule has 0 fully saturated rings. The molecule has 0 spiro atoms. The molecule has 1 atom stereocenters. The van der Waals surface area contributed by atoms with E-state index in [9.17, 15) is 4.79 Å². The average molecular weight is 233 g/mol. The van der Waals surface area contributed by atoms with E-state index in [1.807, 2.05) is 0 Å². The minimum atomic E-state index is -0.518. The van der Waals surface area contributed by atoms with Crippen molar-refractivity contribution in [2.24, 2.45) is 0 Å². The fourth-order valence-corrected chi connectivity index (χ4v) is 1.29. The van der Waals surface area contributed by atoms with Gasteiger partial charge in [0.25, 0.3) is 0 Å². The molecule has 0 rings (SSSR count). The average Bonchev–Trinajstić information content (AvgIpc) is 2.13. The summed E-state index contributed by atoms with van der Waals surface area (Å²) in [6, 6.07) is -0.460. The Kier molecular flexibility index (Phi) is 6.55. The first-order chi connectivity index (χ1) is 7.31. The van der Waals surface area contributed by atoms with E-state index < -0.39 is 11.6 Å². The van der Waals surface area contributed by atoms with E-state index in [-0.39, 0.29) is 19.2 Å². The van der Waals surface area contributed by atoms with Crippen LogP contribution >= 0.6 is 0 Å². The van der Waals surface area contributed by atoms with Crippen LogP contribution < -0.4 is 0 Å². The molecule has 5 nitrogen and oxygen atoms in total. The lowest BCUT2D eigenvalue weighted by Gasteiger charge is -2.29. The van der Waals surface area contributed by atoms with Crippen molar-refractivity contribution in [2.75, 3.05) is 26.3 Å². The second kappa shape index (κ2) is 6.83. The molecule has 0 aliphatic heterocycles. The zero-order valence-electron chi connectivity index (χ0n) is 10.6. The SMILES string of the molecule is CC(C(=O)OC(C)(C)C)N(CCO)CCO. The maximum atomic E-state index is 11.7. The van der Waals surface area contributed by atoms with Crippen LogP contribution in [0.1, 0.15) is 27.7 Å². The molecule has 0 heterocycles. The Morgan fingerprint density at radius 2 is 1.69 bits per heavy atom. The monoisotopic (exact) mass is 233 g/mol. The Balaban J connectivity index is 4.36. The molecule has 0 aromatic heterocycles. The Bertz CT molecular complexity index is 207. The van der Waals surface area contributed by atoms with Crippen molar-refractivity contribution in [3.05, 3.63) is 0 Å². The van der Waals surface area contributed by atoms with Gasteiger partial charge in [0.2, 0.25) is 0 Å². The number of carbonyl (C=O) groups excluding carboxylic acids is 1. The van der Waals surface area contributed by atoms with E-state index in [4.69, 9.17) is 14.9 Å². The van der Waals surface area contributed by atoms with E-state index in [1.54, 1.807) is 32.6 Å². The second-order valence-corrected chi connectivity index (χ2v) is 4.69. The van der Waals surface area contributed by atoms with Gasteiger partial charge in [0.15, 0.2) is 0 Å². The third-order valence-electron chi connectivity index (χ3n) is 2.07. The third-order valence-corrected chi connectivity index (χ3v) is 2.07. The van der Waals surface area contributed by atoms with Crippen molar-refractivity contribution >= 4 is 5.97 Å². The summed E-state index contributed by atoms with van der Waals surface area (Å²) in [4.78, 5) is 13.4. The molecule has 0 bridgehead atoms. The standard InChI is InChI=1S/C11H23NO4/c1-9(10(15)16-11(2,3)4)12(5-7-13)6-8-14/h9,13-14H,5-8H2,1-4H3. The molecule has 5 heteroatoms. The molecule has 0 aliphatic rings. The number of rotatable bonds is 6. The molecule has 0 saturated heterocycles. The van der Waals surface area contributed by atoms with E-state index in [1.165, 1.54) is 0 Å². The highest BCUT2D eigenvalue weighted by Gasteiger charge is 2.25. The highest BCUT2D eigenvalue weighted by atomic mass is 16.6. The van der Waals surface area contributed by atoms with Crippen LogP contribution in [0.2, 0.25) is 0 Å². The highest BCUT2D eigenvalue weighted by molar-refractivity contribution is 5.75. The lowest BCUT2D eigenvalue weighted by Crippen LogP contribution is -2.45. The van der Waals surface area contributed by atoms with Gasteiger partial charge in [0.05, 0.1) is 13.2 Å². The summed E-state index contributed by atoms with van der Waals surface area (Å²) >= 11 is 0. The number of aliphatic hydroxyl groups excluding tert-OH is 2. The summed E-state index contributed by atoms with van der Waals surface area (Å²) in [5, 5.41) is 17.7. The van der Waals surface area contributed by atoms with Crippen molar-refractivity contribution in [2.45, 2.75) is 39.3 Å². The lowest BCUT2D eigenvalue weighted by atomic mass is 10.2. The molecule has 0 radical (unpaired) electrons. The van der Waals surface area contributed by atoms with Crippen LogP contribution in [0.25, 0.3) is 0 Å². The number of esters is 1. The van der Waals surface area contributed by atoms with E-state index in [0.717, 1.165) is 0 Å². The van der Waals surface area contributed by atoms with E-state index >= 15 is 0 Å². The minimum Gasteiger partial charge on any atom is -0.459 e. The Hall–Kier alpha value is -0.650. The van der Waals surface area contributed by atoms with Crippen LogP contribution in [0.5, 0.6) is 0 Å². The lowest BCUT2D eigenvalue weighted by molar-refractivity contribution is -0.161. The summed E-state index contributed by atoms with van der Waals surface area (Å²) in [7, 11) is 0. The van der Waals surface area contributed by atoms with Crippen LogP contribution in [-0.2, 0) is 9.53 Å². The van der Waals surface area contributed by atoms with Gasteiger partial charge in [-0.2, -0.15) is 0 Å². The molecular formula is C11H23NO4. The zero-order valence-corrected chi connectivity index (χ0v) is 10.6. The van der Waals surface area contributed by atoms with Gasteiger partial charge in [-0.15, -0.1) is 0 Å². The maximum absolute atomic E-state index is 11.7. The fourth-order valence-electron chi connectivity index (χ4n) is 1.29. The smallest absolute Gasteiger partial charge is 0.323 e. The number of aliphatic hydroxyl groups is 2. The first-order valence-corrected chi connectivity index (χ1v) is 5.50. The molecule has 0 aromatic rings. The largest absolute Gasteiger partial charge is 0.459 e. The van der Waals surface area contributed by atoms with Gasteiger partial charge in [0, 0.05) is 13.1 Å². The molecule has 0 saturated carbocycles. The fraction of sp³-hybridized carbons (Fsp3) is 0.909. The van der Waals surface area contributed by atoms with Crippen molar-refractivity contribution < 1.29 is 19.7 Å². The molecule has 96 valence electrons. The molecule has 2 N–H and O–H groups in total. The van der Waals surface area contributed by atoms with Gasteiger partial charge >= 0.3 is 5.97 Å². The van der Waals surface area contributed by atoms with Crippen LogP contribution in [0.3, 0.4) is 0 Å². The van der Waals surface area contributed by atoms with Gasteiger partial charge in [-0.25, -0.2) is 0 Å². The predicted octanol–water partition coefficient (Wildman–Crippen LogP) is 0.00320. The maximum Gasteiger partial charge on any atom is 0.323 e. The van der Waals surface area contributed by atoms with Crippen molar-refractivity contribution in [1.29, 1.82) is 0 Å². The van der Waals surface area contributed by atoms with Gasteiger partial charge in [-0.05, 0) is 27.7 Å². The molecular weight excluding hydrogens is 210 g/mol. The zero-order chi connectivity index (χ0) is 12.8. The van der Waals surface area contributed by atoms with Crippen LogP contribution in [-0.4, -0.2) is 59.0 Å². The van der Waals surface area contributed by atoms with E-state index in [2.05, 4.69) is 0 Å². The third kappa shape index (κ3) is 6.05. The second-order valence-electron chi connectivity index (χ2n) is 4.69. The molecule has 1 unspecified atom stereocenters. The van der Waals surface area contributed by atoms with Crippen molar-refractivity contribution in [3.63, 3.8) is 0 Å². The highest BCUT2D eigenvalue weighted by Crippen LogP contribution is 2.11. The number of carbonyl (C=O) groups is 1. The number of nitrogens with zero attached hydrogens (tertiary/aromatic N) is 1. The van der Waals surface area contributed by atoms with Gasteiger partial charge in [0.1, 0.15) is 11.6 Å². The normalized spacial score (nSPS) is 13.9. The van der Waals surface area contributed by atoms with Crippen LogP contribution in [0.15, 0.2) is 0 Å². The van der Waals surface area contributed by atoms with E-state index in [0.29, 0.717) is 13.1 Å². The number of hydrogen-bond acceptors (Lipinski definition) is 5. The molecule has 16 heavy (non-hydrogen) atoms. The van der Waals surface area contributed by atoms with Crippen molar-refractivity contribution in [3.8, 4) is 0 Å². The van der Waals surface area contributed by atoms with Crippen molar-refractivity contribution in [1.82, 2.24) is 4.90 Å². The minimum absolute atomic E-state index is 0.0485. The number of hydrogen-bond donors (Lipinski definition) is 2. The van der Waals surface area contributed by atoms with Crippen LogP contribution in [0, 0.1) is 0 Å². The topological polar surface area (TPSA) is 70.0 Å². The molecule has 0 amide bonds.